The smallest absolute Gasteiger partial charge is 0.208 e. The normalized spacial score (nSPS) is 11.8. The van der Waals surface area contributed by atoms with Gasteiger partial charge < -0.3 is 65.7 Å². The van der Waals surface area contributed by atoms with Crippen LogP contribution in [0.2, 0.25) is 0 Å². The highest BCUT2D eigenvalue weighted by Crippen LogP contribution is 2.62. The minimum absolute atomic E-state index is 0.0706. The molecule has 8 aromatic carbocycles. The van der Waals surface area contributed by atoms with Gasteiger partial charge in [0.2, 0.25) is 34.5 Å². The topological polar surface area (TPSA) is 256 Å². The van der Waals surface area contributed by atoms with Gasteiger partial charge in [0.1, 0.15) is 11.2 Å². The van der Waals surface area contributed by atoms with Crippen molar-refractivity contribution in [2.24, 2.45) is 0 Å². The van der Waals surface area contributed by atoms with Gasteiger partial charge in [-0.2, -0.15) is 0 Å². The van der Waals surface area contributed by atoms with Crippen molar-refractivity contribution < 1.29 is 65.7 Å². The lowest BCUT2D eigenvalue weighted by molar-refractivity contribution is 0.330. The van der Waals surface area contributed by atoms with E-state index >= 15 is 0 Å². The summed E-state index contributed by atoms with van der Waals surface area (Å²) >= 11 is 0. The van der Waals surface area contributed by atoms with Crippen LogP contribution in [0.25, 0.3) is 87.6 Å². The molecule has 0 unspecified atom stereocenters. The molecule has 0 radical (unpaired) electrons. The summed E-state index contributed by atoms with van der Waals surface area (Å²) in [4.78, 5) is 0. The van der Waals surface area contributed by atoms with Gasteiger partial charge in [-0.1, -0.05) is 66.7 Å². The Kier molecular flexibility index (Phi) is 6.69. The van der Waals surface area contributed by atoms with E-state index in [1.165, 1.54) is 6.07 Å². The molecule has 0 saturated carbocycles. The van der Waals surface area contributed by atoms with Gasteiger partial charge in [0.15, 0.2) is 34.5 Å². The van der Waals surface area contributed by atoms with Crippen LogP contribution in [0.4, 0.5) is 0 Å². The average molecular weight is 739 g/mol. The second-order valence-corrected chi connectivity index (χ2v) is 13.0. The number of hydrogen-bond donors (Lipinski definition) is 12. The first-order chi connectivity index (χ1) is 26.3. The highest BCUT2D eigenvalue weighted by molar-refractivity contribution is 6.30. The summed E-state index contributed by atoms with van der Waals surface area (Å²) in [5.41, 5.74) is 0.990. The molecule has 13 heteroatoms. The van der Waals surface area contributed by atoms with Gasteiger partial charge in [0.05, 0.1) is 10.9 Å². The molecule has 0 saturated heterocycles. The fourth-order valence-corrected chi connectivity index (χ4v) is 7.77. The quantitative estimate of drug-likeness (QED) is 0.0462. The molecule has 13 nitrogen and oxygen atoms in total. The van der Waals surface area contributed by atoms with E-state index in [1.807, 2.05) is 0 Å². The number of para-hydroxylation sites is 1. The zero-order valence-corrected chi connectivity index (χ0v) is 27.9. The van der Waals surface area contributed by atoms with Crippen LogP contribution in [0.1, 0.15) is 0 Å². The van der Waals surface area contributed by atoms with E-state index in [1.54, 1.807) is 78.9 Å². The molecule has 272 valence electrons. The number of rotatable bonds is 3. The molecule has 1 aromatic heterocycles. The van der Waals surface area contributed by atoms with Crippen molar-refractivity contribution in [3.8, 4) is 102 Å². The van der Waals surface area contributed by atoms with Crippen LogP contribution in [0.15, 0.2) is 89.3 Å². The molecule has 9 rings (SSSR count). The number of benzene rings is 8. The lowest BCUT2D eigenvalue weighted by Gasteiger charge is -2.23. The van der Waals surface area contributed by atoms with E-state index in [4.69, 9.17) is 4.42 Å². The Morgan fingerprint density at radius 1 is 0.255 bits per heavy atom. The van der Waals surface area contributed by atoms with Crippen molar-refractivity contribution in [3.63, 3.8) is 0 Å². The summed E-state index contributed by atoms with van der Waals surface area (Å²) < 4.78 is 6.24. The van der Waals surface area contributed by atoms with Crippen molar-refractivity contribution in [2.45, 2.75) is 0 Å². The Hall–Kier alpha value is -8.06. The summed E-state index contributed by atoms with van der Waals surface area (Å²) in [6.45, 7) is 0. The average Bonchev–Trinajstić information content (AvgIpc) is 3.58. The summed E-state index contributed by atoms with van der Waals surface area (Å²) in [5.74, 6) is -12.8. The molecular formula is C42H26O13. The second kappa shape index (κ2) is 11.2. The predicted octanol–water partition coefficient (Wildman–Crippen LogP) is 8.51. The maximum absolute atomic E-state index is 11.6. The van der Waals surface area contributed by atoms with Crippen LogP contribution in [0, 0.1) is 0 Å². The monoisotopic (exact) mass is 738 g/mol. The molecule has 0 fully saturated rings. The Labute approximate surface area is 306 Å². The second-order valence-electron chi connectivity index (χ2n) is 13.0. The Morgan fingerprint density at radius 2 is 0.636 bits per heavy atom. The van der Waals surface area contributed by atoms with Crippen LogP contribution in [-0.4, -0.2) is 61.3 Å². The largest absolute Gasteiger partial charge is 0.504 e. The highest BCUT2D eigenvalue weighted by atomic mass is 16.4. The lowest BCUT2D eigenvalue weighted by Crippen LogP contribution is -1.96. The van der Waals surface area contributed by atoms with E-state index < -0.39 is 85.3 Å². The zero-order valence-electron chi connectivity index (χ0n) is 27.9. The third-order valence-electron chi connectivity index (χ3n) is 10.2. The van der Waals surface area contributed by atoms with Crippen molar-refractivity contribution in [1.29, 1.82) is 0 Å². The standard InChI is InChI=1S/C42H26O13/c43-31-27(32(44)39(51)42(54)38(31)50)20-13-14-22-25(19-11-5-6-12-21(19)55-22)26(20)23-15-7-1-3-9-17(15)24(18-10-4-2-8-16(18)23)28-29-30(35(47)37(49)33(28)45)36(48)41(53)40(52)34(29)46/h1-14,43-54H. The van der Waals surface area contributed by atoms with Gasteiger partial charge in [-0.3, -0.25) is 0 Å². The maximum atomic E-state index is 11.6. The SMILES string of the molecule is Oc1c(O)c(O)c(-c2ccc3oc4ccccc4c3c2-c2c3ccccc3c(-c3c(O)c(O)c(O)c4c(O)c(O)c(O)c(O)c34)c3ccccc23)c(O)c1O. The minimum Gasteiger partial charge on any atom is -0.504 e. The third-order valence-corrected chi connectivity index (χ3v) is 10.2. The molecule has 55 heavy (non-hydrogen) atoms. The van der Waals surface area contributed by atoms with Crippen molar-refractivity contribution >= 4 is 54.3 Å². The van der Waals surface area contributed by atoms with Crippen LogP contribution >= 0.6 is 0 Å². The molecule has 0 spiro atoms. The van der Waals surface area contributed by atoms with Crippen molar-refractivity contribution in [2.75, 3.05) is 0 Å². The first-order valence-electron chi connectivity index (χ1n) is 16.5. The molecule has 12 N–H and O–H groups in total. The Balaban J connectivity index is 1.56. The number of fused-ring (bicyclic) bond motifs is 6. The lowest BCUT2D eigenvalue weighted by atomic mass is 9.81. The van der Waals surface area contributed by atoms with Gasteiger partial charge in [0.25, 0.3) is 0 Å². The third kappa shape index (κ3) is 4.16. The molecule has 0 aliphatic carbocycles. The van der Waals surface area contributed by atoms with Crippen LogP contribution in [0.3, 0.4) is 0 Å². The van der Waals surface area contributed by atoms with E-state index in [2.05, 4.69) is 0 Å². The van der Waals surface area contributed by atoms with Gasteiger partial charge >= 0.3 is 0 Å². The number of furan rings is 1. The highest BCUT2D eigenvalue weighted by Gasteiger charge is 2.33. The number of hydrogen-bond acceptors (Lipinski definition) is 13. The fourth-order valence-electron chi connectivity index (χ4n) is 7.77. The van der Waals surface area contributed by atoms with E-state index in [-0.39, 0.29) is 16.7 Å². The van der Waals surface area contributed by atoms with Crippen molar-refractivity contribution in [3.05, 3.63) is 84.9 Å². The van der Waals surface area contributed by atoms with Crippen LogP contribution in [0.5, 0.6) is 69.0 Å². The van der Waals surface area contributed by atoms with Gasteiger partial charge in [0, 0.05) is 32.8 Å². The van der Waals surface area contributed by atoms with Crippen molar-refractivity contribution in [1.82, 2.24) is 0 Å². The number of phenols is 12. The zero-order chi connectivity index (χ0) is 38.8. The molecule has 0 bridgehead atoms. The van der Waals surface area contributed by atoms with Crippen LogP contribution < -0.4 is 0 Å². The van der Waals surface area contributed by atoms with Crippen LogP contribution in [-0.2, 0) is 0 Å². The summed E-state index contributed by atoms with van der Waals surface area (Å²) in [7, 11) is 0. The number of phenolic OH excluding ortho intramolecular Hbond substituents is 12. The first-order valence-corrected chi connectivity index (χ1v) is 16.5. The minimum atomic E-state index is -1.19. The van der Waals surface area contributed by atoms with E-state index in [0.29, 0.717) is 54.6 Å². The maximum Gasteiger partial charge on any atom is 0.208 e. The molecule has 0 atom stereocenters. The first kappa shape index (κ1) is 32.8. The predicted molar refractivity (Wildman–Crippen MR) is 203 cm³/mol. The van der Waals surface area contributed by atoms with Gasteiger partial charge in [-0.25, -0.2) is 0 Å². The molecule has 0 aliphatic heterocycles. The van der Waals surface area contributed by atoms with E-state index in [0.717, 1.165) is 0 Å². The molecule has 0 amide bonds. The summed E-state index contributed by atoms with van der Waals surface area (Å²) in [6.07, 6.45) is 0. The molecule has 0 aliphatic rings. The number of aromatic hydroxyl groups is 12. The molecule has 9 aromatic rings. The van der Waals surface area contributed by atoms with Gasteiger partial charge in [-0.05, 0) is 50.9 Å². The molecular weight excluding hydrogens is 712 g/mol. The fraction of sp³-hybridized carbons (Fsp3) is 0. The summed E-state index contributed by atoms with van der Waals surface area (Å²) in [6, 6.07) is 23.6. The molecule has 1 heterocycles. The van der Waals surface area contributed by atoms with E-state index in [9.17, 15) is 61.3 Å². The summed E-state index contributed by atoms with van der Waals surface area (Å²) in [5, 5.41) is 132. The Bertz CT molecular complexity index is 3090. The van der Waals surface area contributed by atoms with Gasteiger partial charge in [-0.15, -0.1) is 0 Å². The Morgan fingerprint density at radius 3 is 1.16 bits per heavy atom.